The third-order valence-electron chi connectivity index (χ3n) is 2.15. The zero-order valence-electron chi connectivity index (χ0n) is 9.68. The lowest BCUT2D eigenvalue weighted by molar-refractivity contribution is 0.560. The highest BCUT2D eigenvalue weighted by Crippen LogP contribution is 1.95. The maximum absolute atomic E-state index is 11.0. The van der Waals surface area contributed by atoms with E-state index in [2.05, 4.69) is 10.3 Å². The predicted octanol–water partition coefficient (Wildman–Crippen LogP) is 0.647. The van der Waals surface area contributed by atoms with Gasteiger partial charge >= 0.3 is 0 Å². The molecule has 1 aromatic rings. The van der Waals surface area contributed by atoms with Crippen LogP contribution < -0.4 is 5.32 Å². The molecule has 0 aliphatic rings. The minimum atomic E-state index is -2.90. The molecule has 0 fully saturated rings. The minimum Gasteiger partial charge on any atom is -0.313 e. The average Bonchev–Trinajstić information content (AvgIpc) is 2.16. The van der Waals surface area contributed by atoms with Crippen LogP contribution in [-0.4, -0.2) is 38.0 Å². The highest BCUT2D eigenvalue weighted by atomic mass is 32.2. The molecule has 16 heavy (non-hydrogen) atoms. The second-order valence-electron chi connectivity index (χ2n) is 4.02. The van der Waals surface area contributed by atoms with Gasteiger partial charge in [-0.1, -0.05) is 6.07 Å². The van der Waals surface area contributed by atoms with Gasteiger partial charge in [0.05, 0.1) is 5.75 Å². The Morgan fingerprint density at radius 2 is 2.19 bits per heavy atom. The fourth-order valence-corrected chi connectivity index (χ4v) is 2.53. The molecular formula is C11H18N2O2S. The Hall–Kier alpha value is -0.940. The summed E-state index contributed by atoms with van der Waals surface area (Å²) < 4.78 is 22.0. The fourth-order valence-electron chi connectivity index (χ4n) is 1.51. The molecule has 4 nitrogen and oxygen atoms in total. The van der Waals surface area contributed by atoms with Gasteiger partial charge in [0.1, 0.15) is 9.84 Å². The van der Waals surface area contributed by atoms with Crippen molar-refractivity contribution in [2.24, 2.45) is 0 Å². The van der Waals surface area contributed by atoms with Crippen LogP contribution in [0.4, 0.5) is 0 Å². The van der Waals surface area contributed by atoms with Crippen molar-refractivity contribution in [1.29, 1.82) is 0 Å². The lowest BCUT2D eigenvalue weighted by atomic mass is 10.2. The molecule has 0 bridgehead atoms. The number of hydrogen-bond acceptors (Lipinski definition) is 4. The third kappa shape index (κ3) is 5.82. The van der Waals surface area contributed by atoms with Crippen LogP contribution in [0.25, 0.3) is 0 Å². The molecule has 1 rings (SSSR count). The van der Waals surface area contributed by atoms with Gasteiger partial charge in [-0.05, 0) is 19.1 Å². The van der Waals surface area contributed by atoms with Crippen molar-refractivity contribution in [2.45, 2.75) is 19.4 Å². The number of hydrogen-bond donors (Lipinski definition) is 1. The highest BCUT2D eigenvalue weighted by molar-refractivity contribution is 7.90. The molecule has 1 N–H and O–H groups in total. The largest absolute Gasteiger partial charge is 0.313 e. The first-order chi connectivity index (χ1) is 7.47. The van der Waals surface area contributed by atoms with E-state index in [9.17, 15) is 8.42 Å². The Balaban J connectivity index is 2.26. The van der Waals surface area contributed by atoms with E-state index < -0.39 is 9.84 Å². The van der Waals surface area contributed by atoms with Gasteiger partial charge in [0.2, 0.25) is 0 Å². The summed E-state index contributed by atoms with van der Waals surface area (Å²) in [5, 5.41) is 3.17. The average molecular weight is 242 g/mol. The molecule has 0 saturated carbocycles. The molecule has 1 unspecified atom stereocenters. The summed E-state index contributed by atoms with van der Waals surface area (Å²) in [6.45, 7) is 2.62. The van der Waals surface area contributed by atoms with Crippen LogP contribution in [0.5, 0.6) is 0 Å². The van der Waals surface area contributed by atoms with E-state index in [0.717, 1.165) is 18.7 Å². The van der Waals surface area contributed by atoms with Crippen molar-refractivity contribution in [3.63, 3.8) is 0 Å². The number of rotatable bonds is 6. The number of pyridine rings is 1. The quantitative estimate of drug-likeness (QED) is 0.795. The maximum Gasteiger partial charge on any atom is 0.148 e. The molecule has 0 radical (unpaired) electrons. The van der Waals surface area contributed by atoms with Crippen molar-refractivity contribution < 1.29 is 8.42 Å². The van der Waals surface area contributed by atoms with Crippen molar-refractivity contribution in [3.05, 3.63) is 30.1 Å². The summed E-state index contributed by atoms with van der Waals surface area (Å²) in [5.41, 5.74) is 1.02. The molecule has 0 spiro atoms. The van der Waals surface area contributed by atoms with Gasteiger partial charge in [-0.15, -0.1) is 0 Å². The van der Waals surface area contributed by atoms with Crippen LogP contribution in [0, 0.1) is 0 Å². The van der Waals surface area contributed by atoms with Gasteiger partial charge < -0.3 is 5.32 Å². The summed E-state index contributed by atoms with van der Waals surface area (Å²) in [5.74, 6) is 0.176. The van der Waals surface area contributed by atoms with E-state index in [1.165, 1.54) is 6.26 Å². The SMILES string of the molecule is CC(CS(C)(=O)=O)NCCc1ccccn1. The molecule has 5 heteroatoms. The topological polar surface area (TPSA) is 59.1 Å². The van der Waals surface area contributed by atoms with Crippen molar-refractivity contribution >= 4 is 9.84 Å². The molecule has 0 aliphatic heterocycles. The van der Waals surface area contributed by atoms with Gasteiger partial charge in [-0.25, -0.2) is 8.42 Å². The minimum absolute atomic E-state index is 0.0151. The molecule has 1 aromatic heterocycles. The van der Waals surface area contributed by atoms with Crippen LogP contribution >= 0.6 is 0 Å². The van der Waals surface area contributed by atoms with Gasteiger partial charge in [0, 0.05) is 37.2 Å². The standard InChI is InChI=1S/C11H18N2O2S/c1-10(9-16(2,14)15)12-8-6-11-5-3-4-7-13-11/h3-5,7,10,12H,6,8-9H2,1-2H3. The molecule has 0 saturated heterocycles. The molecule has 0 aromatic carbocycles. The van der Waals surface area contributed by atoms with Crippen molar-refractivity contribution in [3.8, 4) is 0 Å². The van der Waals surface area contributed by atoms with E-state index in [-0.39, 0.29) is 11.8 Å². The van der Waals surface area contributed by atoms with Crippen molar-refractivity contribution in [2.75, 3.05) is 18.6 Å². The van der Waals surface area contributed by atoms with E-state index in [1.54, 1.807) is 6.20 Å². The van der Waals surface area contributed by atoms with Crippen LogP contribution in [0.2, 0.25) is 0 Å². The van der Waals surface area contributed by atoms with Crippen LogP contribution in [0.15, 0.2) is 24.4 Å². The summed E-state index contributed by atoms with van der Waals surface area (Å²) in [6, 6.07) is 5.77. The first kappa shape index (κ1) is 13.1. The second kappa shape index (κ2) is 5.96. The third-order valence-corrected chi connectivity index (χ3v) is 3.26. The van der Waals surface area contributed by atoms with Crippen LogP contribution in [0.1, 0.15) is 12.6 Å². The van der Waals surface area contributed by atoms with E-state index in [0.29, 0.717) is 0 Å². The smallest absolute Gasteiger partial charge is 0.148 e. The maximum atomic E-state index is 11.0. The highest BCUT2D eigenvalue weighted by Gasteiger charge is 2.09. The molecular weight excluding hydrogens is 224 g/mol. The lowest BCUT2D eigenvalue weighted by Gasteiger charge is -2.11. The zero-order chi connectivity index (χ0) is 12.0. The lowest BCUT2D eigenvalue weighted by Crippen LogP contribution is -2.34. The first-order valence-corrected chi connectivity index (χ1v) is 7.34. The summed E-state index contributed by atoms with van der Waals surface area (Å²) in [6.07, 6.45) is 3.83. The Kier molecular flexibility index (Phi) is 4.89. The molecule has 1 atom stereocenters. The number of aromatic nitrogens is 1. The molecule has 0 aliphatic carbocycles. The zero-order valence-corrected chi connectivity index (χ0v) is 10.5. The first-order valence-electron chi connectivity index (χ1n) is 5.28. The summed E-state index contributed by atoms with van der Waals surface area (Å²) in [4.78, 5) is 4.19. The molecule has 90 valence electrons. The van der Waals surface area contributed by atoms with Gasteiger partial charge in [-0.2, -0.15) is 0 Å². The Bertz CT molecular complexity index is 403. The van der Waals surface area contributed by atoms with Gasteiger partial charge in [0.25, 0.3) is 0 Å². The normalized spacial score (nSPS) is 13.6. The number of sulfone groups is 1. The Labute approximate surface area is 97.0 Å². The summed E-state index contributed by atoms with van der Waals surface area (Å²) in [7, 11) is -2.90. The van der Waals surface area contributed by atoms with E-state index in [1.807, 2.05) is 25.1 Å². The Morgan fingerprint density at radius 1 is 1.44 bits per heavy atom. The molecule has 0 amide bonds. The monoisotopic (exact) mass is 242 g/mol. The second-order valence-corrected chi connectivity index (χ2v) is 6.20. The van der Waals surface area contributed by atoms with Crippen molar-refractivity contribution in [1.82, 2.24) is 10.3 Å². The van der Waals surface area contributed by atoms with Gasteiger partial charge in [0.15, 0.2) is 0 Å². The fraction of sp³-hybridized carbons (Fsp3) is 0.545. The number of nitrogens with zero attached hydrogens (tertiary/aromatic N) is 1. The molecule has 1 heterocycles. The van der Waals surface area contributed by atoms with Crippen LogP contribution in [-0.2, 0) is 16.3 Å². The van der Waals surface area contributed by atoms with Crippen LogP contribution in [0.3, 0.4) is 0 Å². The number of nitrogens with one attached hydrogen (secondary N) is 1. The summed E-state index contributed by atoms with van der Waals surface area (Å²) >= 11 is 0. The van der Waals surface area contributed by atoms with Gasteiger partial charge in [-0.3, -0.25) is 4.98 Å². The van der Waals surface area contributed by atoms with E-state index in [4.69, 9.17) is 0 Å². The predicted molar refractivity (Wildman–Crippen MR) is 65.1 cm³/mol. The van der Waals surface area contributed by atoms with E-state index >= 15 is 0 Å². The Morgan fingerprint density at radius 3 is 2.75 bits per heavy atom.